The number of ketones is 1. The molecule has 0 radical (unpaired) electrons. The summed E-state index contributed by atoms with van der Waals surface area (Å²) in [5.74, 6) is -1.24. The molecule has 1 saturated heterocycles. The van der Waals surface area contributed by atoms with Crippen LogP contribution in [0.15, 0.2) is 64.8 Å². The van der Waals surface area contributed by atoms with Crippen molar-refractivity contribution in [2.24, 2.45) is 0 Å². The Morgan fingerprint density at radius 2 is 1.75 bits per heavy atom. The largest absolute Gasteiger partial charge is 0.507 e. The number of benzene rings is 2. The van der Waals surface area contributed by atoms with Crippen molar-refractivity contribution in [2.45, 2.75) is 13.0 Å². The van der Waals surface area contributed by atoms with Crippen LogP contribution in [0.3, 0.4) is 0 Å². The van der Waals surface area contributed by atoms with Gasteiger partial charge in [-0.15, -0.1) is 0 Å². The zero-order valence-electron chi connectivity index (χ0n) is 17.6. The molecule has 1 aliphatic rings. The molecule has 1 aliphatic heterocycles. The number of rotatable bonds is 5. The van der Waals surface area contributed by atoms with Gasteiger partial charge < -0.3 is 19.0 Å². The fourth-order valence-electron chi connectivity index (χ4n) is 3.71. The van der Waals surface area contributed by atoms with Crippen LogP contribution in [0.5, 0.6) is 11.5 Å². The van der Waals surface area contributed by atoms with Gasteiger partial charge in [0.05, 0.1) is 36.6 Å². The van der Waals surface area contributed by atoms with Crippen LogP contribution in [-0.4, -0.2) is 31.0 Å². The molecular formula is C24H20ClNO6. The number of aliphatic hydroxyl groups is 1. The van der Waals surface area contributed by atoms with Crippen molar-refractivity contribution in [1.29, 1.82) is 0 Å². The molecule has 0 spiro atoms. The van der Waals surface area contributed by atoms with Crippen LogP contribution in [0.25, 0.3) is 5.76 Å². The van der Waals surface area contributed by atoms with Crippen LogP contribution in [-0.2, 0) is 9.59 Å². The van der Waals surface area contributed by atoms with Crippen molar-refractivity contribution >= 4 is 34.7 Å². The molecule has 0 saturated carbocycles. The number of aliphatic hydroxyl groups excluding tert-OH is 1. The van der Waals surface area contributed by atoms with E-state index in [4.69, 9.17) is 25.5 Å². The number of aryl methyl sites for hydroxylation is 1. The minimum absolute atomic E-state index is 0.131. The molecule has 4 rings (SSSR count). The summed E-state index contributed by atoms with van der Waals surface area (Å²) < 4.78 is 16.2. The Labute approximate surface area is 189 Å². The molecule has 164 valence electrons. The van der Waals surface area contributed by atoms with Gasteiger partial charge in [0.2, 0.25) is 0 Å². The second-order valence-corrected chi connectivity index (χ2v) is 7.61. The van der Waals surface area contributed by atoms with E-state index in [1.54, 1.807) is 24.3 Å². The van der Waals surface area contributed by atoms with Crippen LogP contribution in [0.4, 0.5) is 5.69 Å². The van der Waals surface area contributed by atoms with Crippen molar-refractivity contribution in [3.8, 4) is 11.5 Å². The van der Waals surface area contributed by atoms with Crippen LogP contribution in [0.2, 0.25) is 5.02 Å². The molecular weight excluding hydrogens is 434 g/mol. The Morgan fingerprint density at radius 1 is 1.06 bits per heavy atom. The smallest absolute Gasteiger partial charge is 0.300 e. The summed E-state index contributed by atoms with van der Waals surface area (Å²) in [5, 5.41) is 11.5. The Kier molecular flexibility index (Phi) is 5.67. The van der Waals surface area contributed by atoms with Crippen LogP contribution in [0.1, 0.15) is 22.9 Å². The SMILES string of the molecule is COc1cc(/C(O)=C2\C(=O)C(=O)N(c3ccc(C)cc3)C2c2ccco2)c(OC)cc1Cl. The average Bonchev–Trinajstić information content (AvgIpc) is 3.41. The highest BCUT2D eigenvalue weighted by atomic mass is 35.5. The lowest BCUT2D eigenvalue weighted by molar-refractivity contribution is -0.132. The van der Waals surface area contributed by atoms with E-state index in [-0.39, 0.29) is 27.7 Å². The normalized spacial score (nSPS) is 17.6. The molecule has 8 heteroatoms. The molecule has 7 nitrogen and oxygen atoms in total. The summed E-state index contributed by atoms with van der Waals surface area (Å²) in [6.07, 6.45) is 1.44. The number of carbonyl (C=O) groups is 2. The lowest BCUT2D eigenvalue weighted by Crippen LogP contribution is -2.29. The number of Topliss-reactive ketones (excluding diaryl/α,β-unsaturated/α-hetero) is 1. The number of halogens is 1. The van der Waals surface area contributed by atoms with Gasteiger partial charge in [0.25, 0.3) is 11.7 Å². The molecule has 0 bridgehead atoms. The maximum Gasteiger partial charge on any atom is 0.300 e. The maximum absolute atomic E-state index is 13.1. The fraction of sp³-hybridized carbons (Fsp3) is 0.167. The second-order valence-electron chi connectivity index (χ2n) is 7.21. The summed E-state index contributed by atoms with van der Waals surface area (Å²) in [4.78, 5) is 27.5. The highest BCUT2D eigenvalue weighted by molar-refractivity contribution is 6.51. The van der Waals surface area contributed by atoms with Gasteiger partial charge in [-0.05, 0) is 37.3 Å². The number of carbonyl (C=O) groups excluding carboxylic acids is 2. The molecule has 1 atom stereocenters. The number of methoxy groups -OCH3 is 2. The van der Waals surface area contributed by atoms with Crippen LogP contribution >= 0.6 is 11.6 Å². The average molecular weight is 454 g/mol. The number of hydrogen-bond acceptors (Lipinski definition) is 6. The van der Waals surface area contributed by atoms with E-state index in [9.17, 15) is 14.7 Å². The minimum Gasteiger partial charge on any atom is -0.507 e. The number of anilines is 1. The van der Waals surface area contributed by atoms with Gasteiger partial charge in [-0.3, -0.25) is 14.5 Å². The molecule has 32 heavy (non-hydrogen) atoms. The molecule has 1 aromatic heterocycles. The van der Waals surface area contributed by atoms with Gasteiger partial charge in [-0.25, -0.2) is 0 Å². The van der Waals surface area contributed by atoms with Crippen molar-refractivity contribution in [3.05, 3.63) is 82.3 Å². The third-order valence-corrected chi connectivity index (χ3v) is 5.59. The Balaban J connectivity index is 1.96. The summed E-state index contributed by atoms with van der Waals surface area (Å²) in [5.41, 5.74) is 1.53. The first-order chi connectivity index (χ1) is 15.4. The zero-order chi connectivity index (χ0) is 23.0. The van der Waals surface area contributed by atoms with Crippen molar-refractivity contribution in [1.82, 2.24) is 0 Å². The predicted molar refractivity (Wildman–Crippen MR) is 119 cm³/mol. The van der Waals surface area contributed by atoms with E-state index in [1.165, 1.54) is 37.5 Å². The van der Waals surface area contributed by atoms with Gasteiger partial charge in [0.1, 0.15) is 29.1 Å². The van der Waals surface area contributed by atoms with Gasteiger partial charge in [-0.2, -0.15) is 0 Å². The number of amides is 1. The molecule has 1 fully saturated rings. The summed E-state index contributed by atoms with van der Waals surface area (Å²) >= 11 is 6.18. The van der Waals surface area contributed by atoms with Crippen molar-refractivity contribution in [2.75, 3.05) is 19.1 Å². The van der Waals surface area contributed by atoms with Crippen molar-refractivity contribution in [3.63, 3.8) is 0 Å². The number of hydrogen-bond donors (Lipinski definition) is 1. The van der Waals surface area contributed by atoms with E-state index >= 15 is 0 Å². The van der Waals surface area contributed by atoms with Gasteiger partial charge in [0.15, 0.2) is 0 Å². The first-order valence-corrected chi connectivity index (χ1v) is 10.1. The summed E-state index contributed by atoms with van der Waals surface area (Å²) in [7, 11) is 2.83. The predicted octanol–water partition coefficient (Wildman–Crippen LogP) is 4.88. The number of furan rings is 1. The van der Waals surface area contributed by atoms with Gasteiger partial charge in [-0.1, -0.05) is 29.3 Å². The topological polar surface area (TPSA) is 89.2 Å². The molecule has 1 unspecified atom stereocenters. The fourth-order valence-corrected chi connectivity index (χ4v) is 3.94. The monoisotopic (exact) mass is 453 g/mol. The third-order valence-electron chi connectivity index (χ3n) is 5.30. The zero-order valence-corrected chi connectivity index (χ0v) is 18.3. The standard InChI is InChI=1S/C24H20ClNO6/c1-13-6-8-14(9-7-13)26-21(17-5-4-10-32-17)20(23(28)24(26)29)22(27)15-11-19(31-3)16(25)12-18(15)30-2/h4-12,21,27H,1-3H3/b22-20+. The van der Waals surface area contributed by atoms with Gasteiger partial charge >= 0.3 is 0 Å². The molecule has 1 amide bonds. The van der Waals surface area contributed by atoms with Crippen LogP contribution < -0.4 is 14.4 Å². The van der Waals surface area contributed by atoms with E-state index in [1.807, 2.05) is 19.1 Å². The third kappa shape index (κ3) is 3.50. The number of nitrogens with zero attached hydrogens (tertiary/aromatic N) is 1. The maximum atomic E-state index is 13.1. The summed E-state index contributed by atoms with van der Waals surface area (Å²) in [6, 6.07) is 12.4. The minimum atomic E-state index is -0.973. The van der Waals surface area contributed by atoms with E-state index < -0.39 is 23.5 Å². The lowest BCUT2D eigenvalue weighted by atomic mass is 9.98. The summed E-state index contributed by atoms with van der Waals surface area (Å²) in [6.45, 7) is 1.92. The molecule has 0 aliphatic carbocycles. The molecule has 2 heterocycles. The lowest BCUT2D eigenvalue weighted by Gasteiger charge is -2.23. The highest BCUT2D eigenvalue weighted by Gasteiger charge is 2.48. The molecule has 3 aromatic rings. The van der Waals surface area contributed by atoms with Crippen molar-refractivity contribution < 1.29 is 28.6 Å². The van der Waals surface area contributed by atoms with Crippen LogP contribution in [0, 0.1) is 6.92 Å². The van der Waals surface area contributed by atoms with E-state index in [0.717, 1.165) is 5.56 Å². The first kappa shape index (κ1) is 21.5. The Hall–Kier alpha value is -3.71. The van der Waals surface area contributed by atoms with E-state index in [2.05, 4.69) is 0 Å². The molecule has 1 N–H and O–H groups in total. The first-order valence-electron chi connectivity index (χ1n) is 9.70. The Bertz CT molecular complexity index is 1210. The Morgan fingerprint density at radius 3 is 2.34 bits per heavy atom. The number of ether oxygens (including phenoxy) is 2. The molecule has 2 aromatic carbocycles. The highest BCUT2D eigenvalue weighted by Crippen LogP contribution is 2.44. The quantitative estimate of drug-likeness (QED) is 0.336. The van der Waals surface area contributed by atoms with E-state index in [0.29, 0.717) is 11.4 Å². The van der Waals surface area contributed by atoms with Gasteiger partial charge in [0, 0.05) is 11.8 Å². The second kappa shape index (κ2) is 8.43.